The highest BCUT2D eigenvalue weighted by atomic mass is 16.7. The third-order valence-electron chi connectivity index (χ3n) is 7.14. The Morgan fingerprint density at radius 3 is 2.12 bits per heavy atom. The average Bonchev–Trinajstić information content (AvgIpc) is 3.01. The fourth-order valence-electron chi connectivity index (χ4n) is 4.46. The minimum atomic E-state index is -0.399. The summed E-state index contributed by atoms with van der Waals surface area (Å²) in [6, 6.07) is 18.3. The van der Waals surface area contributed by atoms with Gasteiger partial charge < -0.3 is 14.6 Å². The molecule has 1 saturated carbocycles. The zero-order valence-corrected chi connectivity index (χ0v) is 19.8. The van der Waals surface area contributed by atoms with Gasteiger partial charge in [-0.2, -0.15) is 0 Å². The van der Waals surface area contributed by atoms with E-state index in [1.807, 2.05) is 59.5 Å². The molecule has 1 saturated heterocycles. The van der Waals surface area contributed by atoms with Crippen molar-refractivity contribution in [2.24, 2.45) is 0 Å². The molecule has 4 rings (SSSR count). The molecule has 0 atom stereocenters. The van der Waals surface area contributed by atoms with Gasteiger partial charge in [-0.05, 0) is 63.7 Å². The number of carbonyl (C=O) groups is 1. The molecule has 1 N–H and O–H groups in total. The molecule has 1 aliphatic carbocycles. The van der Waals surface area contributed by atoms with E-state index >= 15 is 0 Å². The van der Waals surface area contributed by atoms with E-state index in [1.165, 1.54) is 19.3 Å². The maximum absolute atomic E-state index is 13.3. The molecular weight excluding hydrogens is 399 g/mol. The molecule has 2 aromatic rings. The van der Waals surface area contributed by atoms with E-state index in [9.17, 15) is 4.79 Å². The van der Waals surface area contributed by atoms with Crippen molar-refractivity contribution in [1.82, 2.24) is 5.32 Å². The minimum absolute atomic E-state index is 0.0378. The summed E-state index contributed by atoms with van der Waals surface area (Å²) in [5.74, 6) is 0. The van der Waals surface area contributed by atoms with Gasteiger partial charge in [-0.3, -0.25) is 4.90 Å². The number of nitrogens with zero attached hydrogens (tertiary/aromatic N) is 1. The average molecular weight is 434 g/mol. The lowest BCUT2D eigenvalue weighted by molar-refractivity contribution is 0.00578. The van der Waals surface area contributed by atoms with Gasteiger partial charge in [0.25, 0.3) is 0 Å². The Morgan fingerprint density at radius 1 is 0.938 bits per heavy atom. The minimum Gasteiger partial charge on any atom is -0.399 e. The van der Waals surface area contributed by atoms with Crippen molar-refractivity contribution in [3.63, 3.8) is 0 Å². The number of nitrogens with one attached hydrogen (secondary N) is 1. The van der Waals surface area contributed by atoms with Crippen LogP contribution in [0.5, 0.6) is 0 Å². The maximum atomic E-state index is 13.3. The zero-order valence-electron chi connectivity index (χ0n) is 19.8. The Morgan fingerprint density at radius 2 is 1.53 bits per heavy atom. The summed E-state index contributed by atoms with van der Waals surface area (Å²) in [4.78, 5) is 15.2. The molecule has 2 amide bonds. The van der Waals surface area contributed by atoms with Crippen molar-refractivity contribution in [3.8, 4) is 0 Å². The third kappa shape index (κ3) is 4.86. The van der Waals surface area contributed by atoms with Gasteiger partial charge in [-0.15, -0.1) is 0 Å². The quantitative estimate of drug-likeness (QED) is 0.672. The van der Waals surface area contributed by atoms with Crippen LogP contribution in [0.3, 0.4) is 0 Å². The SMILES string of the molecule is CC1(C)OB(c2ccc(N(C(=O)NCc3ccccc3)C3CCCCC3)cc2)OC1(C)C. The molecule has 0 radical (unpaired) electrons. The van der Waals surface area contributed by atoms with Crippen LogP contribution < -0.4 is 15.7 Å². The summed E-state index contributed by atoms with van der Waals surface area (Å²) in [7, 11) is -0.399. The van der Waals surface area contributed by atoms with E-state index in [0.717, 1.165) is 29.6 Å². The Bertz CT molecular complexity index is 892. The smallest absolute Gasteiger partial charge is 0.399 e. The van der Waals surface area contributed by atoms with Gasteiger partial charge in [-0.25, -0.2) is 4.79 Å². The van der Waals surface area contributed by atoms with E-state index in [4.69, 9.17) is 9.31 Å². The highest BCUT2D eigenvalue weighted by molar-refractivity contribution is 6.62. The first-order valence-corrected chi connectivity index (χ1v) is 11.8. The number of carbonyl (C=O) groups excluding carboxylic acids is 1. The second kappa shape index (κ2) is 9.28. The van der Waals surface area contributed by atoms with Crippen molar-refractivity contribution in [2.75, 3.05) is 4.90 Å². The first-order valence-electron chi connectivity index (χ1n) is 11.8. The fraction of sp³-hybridized carbons (Fsp3) is 0.500. The van der Waals surface area contributed by atoms with Crippen LogP contribution in [0.25, 0.3) is 0 Å². The van der Waals surface area contributed by atoms with Crippen LogP contribution in [-0.2, 0) is 15.9 Å². The highest BCUT2D eigenvalue weighted by Crippen LogP contribution is 2.36. The molecule has 0 spiro atoms. The highest BCUT2D eigenvalue weighted by Gasteiger charge is 2.51. The first kappa shape index (κ1) is 22.9. The molecular formula is C26H35BN2O3. The molecule has 0 unspecified atom stereocenters. The van der Waals surface area contributed by atoms with Crippen molar-refractivity contribution in [3.05, 3.63) is 60.2 Å². The maximum Gasteiger partial charge on any atom is 0.494 e. The predicted octanol–water partition coefficient (Wildman–Crippen LogP) is 5.03. The van der Waals surface area contributed by atoms with Crippen LogP contribution in [0, 0.1) is 0 Å². The van der Waals surface area contributed by atoms with Crippen LogP contribution in [0.15, 0.2) is 54.6 Å². The van der Waals surface area contributed by atoms with E-state index in [0.29, 0.717) is 6.54 Å². The summed E-state index contributed by atoms with van der Waals surface area (Å²) in [5.41, 5.74) is 2.24. The van der Waals surface area contributed by atoms with Gasteiger partial charge in [0.05, 0.1) is 11.2 Å². The van der Waals surface area contributed by atoms with Gasteiger partial charge in [0, 0.05) is 18.3 Å². The summed E-state index contributed by atoms with van der Waals surface area (Å²) in [5, 5.41) is 3.12. The number of rotatable bonds is 5. The van der Waals surface area contributed by atoms with E-state index in [-0.39, 0.29) is 23.3 Å². The number of hydrogen-bond donors (Lipinski definition) is 1. The summed E-state index contributed by atoms with van der Waals surface area (Å²) < 4.78 is 12.4. The second-order valence-corrected chi connectivity index (χ2v) is 9.99. The standard InChI is InChI=1S/C26H35BN2O3/c1-25(2)26(3,4)32-27(31-25)21-15-17-23(18-16-21)29(22-13-9-6-10-14-22)24(30)28-19-20-11-7-5-8-12-20/h5,7-8,11-12,15-18,22H,6,9-10,13-14,19H2,1-4H3,(H,28,30). The number of benzene rings is 2. The van der Waals surface area contributed by atoms with Crippen LogP contribution in [0.2, 0.25) is 0 Å². The Labute approximate surface area is 192 Å². The molecule has 1 aliphatic heterocycles. The fourth-order valence-corrected chi connectivity index (χ4v) is 4.46. The largest absolute Gasteiger partial charge is 0.494 e. The normalized spacial score (nSPS) is 20.2. The summed E-state index contributed by atoms with van der Waals surface area (Å²) in [6.45, 7) is 8.76. The lowest BCUT2D eigenvalue weighted by Gasteiger charge is -2.34. The molecule has 0 aromatic heterocycles. The number of urea groups is 1. The molecule has 5 nitrogen and oxygen atoms in total. The van der Waals surface area contributed by atoms with Crippen molar-refractivity contribution in [1.29, 1.82) is 0 Å². The van der Waals surface area contributed by atoms with Gasteiger partial charge in [0.2, 0.25) is 0 Å². The molecule has 2 fully saturated rings. The molecule has 2 aliphatic rings. The Hall–Kier alpha value is -2.31. The third-order valence-corrected chi connectivity index (χ3v) is 7.14. The van der Waals surface area contributed by atoms with Gasteiger partial charge in [-0.1, -0.05) is 61.7 Å². The van der Waals surface area contributed by atoms with Crippen molar-refractivity contribution >= 4 is 24.3 Å². The van der Waals surface area contributed by atoms with Crippen LogP contribution in [0.1, 0.15) is 65.4 Å². The lowest BCUT2D eigenvalue weighted by atomic mass is 9.79. The number of hydrogen-bond acceptors (Lipinski definition) is 3. The molecule has 1 heterocycles. The number of anilines is 1. The van der Waals surface area contributed by atoms with Crippen molar-refractivity contribution in [2.45, 2.75) is 83.6 Å². The van der Waals surface area contributed by atoms with Crippen molar-refractivity contribution < 1.29 is 14.1 Å². The van der Waals surface area contributed by atoms with Crippen LogP contribution in [0.4, 0.5) is 10.5 Å². The van der Waals surface area contributed by atoms with E-state index in [1.54, 1.807) is 0 Å². The van der Waals surface area contributed by atoms with Gasteiger partial charge >= 0.3 is 13.1 Å². The summed E-state index contributed by atoms with van der Waals surface area (Å²) >= 11 is 0. The van der Waals surface area contributed by atoms with Gasteiger partial charge in [0.15, 0.2) is 0 Å². The molecule has 0 bridgehead atoms. The van der Waals surface area contributed by atoms with Crippen LogP contribution >= 0.6 is 0 Å². The monoisotopic (exact) mass is 434 g/mol. The lowest BCUT2D eigenvalue weighted by Crippen LogP contribution is -2.47. The molecule has 170 valence electrons. The molecule has 32 heavy (non-hydrogen) atoms. The van der Waals surface area contributed by atoms with E-state index in [2.05, 4.69) is 33.0 Å². The first-order chi connectivity index (χ1) is 15.3. The Kier molecular flexibility index (Phi) is 6.63. The molecule has 2 aromatic carbocycles. The van der Waals surface area contributed by atoms with E-state index < -0.39 is 7.12 Å². The summed E-state index contributed by atoms with van der Waals surface area (Å²) in [6.07, 6.45) is 5.66. The predicted molar refractivity (Wildman–Crippen MR) is 130 cm³/mol. The zero-order chi connectivity index (χ0) is 22.8. The molecule has 6 heteroatoms. The number of amides is 2. The van der Waals surface area contributed by atoms with Crippen LogP contribution in [-0.4, -0.2) is 30.4 Å². The Balaban J connectivity index is 1.51. The van der Waals surface area contributed by atoms with Gasteiger partial charge in [0.1, 0.15) is 0 Å². The second-order valence-electron chi connectivity index (χ2n) is 9.99. The topological polar surface area (TPSA) is 50.8 Å².